The van der Waals surface area contributed by atoms with Crippen LogP contribution < -0.4 is 14.8 Å². The Labute approximate surface area is 233 Å². The van der Waals surface area contributed by atoms with E-state index in [2.05, 4.69) is 10.3 Å². The zero-order valence-electron chi connectivity index (χ0n) is 23.9. The van der Waals surface area contributed by atoms with Gasteiger partial charge in [0.25, 0.3) is 5.92 Å². The molecule has 11 heteroatoms. The Morgan fingerprint density at radius 2 is 1.88 bits per heavy atom. The van der Waals surface area contributed by atoms with E-state index in [1.165, 1.54) is 24.3 Å². The van der Waals surface area contributed by atoms with Crippen LogP contribution in [0.25, 0.3) is 10.9 Å². The number of methoxy groups -OCH3 is 2. The number of hydroxylamine groups is 2. The lowest BCUT2D eigenvalue weighted by Crippen LogP contribution is -2.24. The molecule has 1 heterocycles. The first kappa shape index (κ1) is 31.0. The lowest BCUT2D eigenvalue weighted by Gasteiger charge is -2.21. The normalized spacial score (nSPS) is 12.3. The SMILES string of the molecule is COc1cc2c(NC(C)c3cccc(C(F)(F)CO)c3)nc(C)nc2c(CCCCCC(=O)N(C)OC)c1OC. The number of ether oxygens (including phenoxy) is 2. The first-order valence-electron chi connectivity index (χ1n) is 13.1. The lowest BCUT2D eigenvalue weighted by molar-refractivity contribution is -0.168. The summed E-state index contributed by atoms with van der Waals surface area (Å²) in [6.07, 6.45) is 3.33. The standard InChI is InChI=1S/C29H38F2N4O5/c1-18(20-11-10-12-21(15-20)29(30,31)17-36)32-28-23-16-24(38-4)27(39-5)22(26(23)33-19(2)34-28)13-8-7-9-14-25(37)35(3)40-6/h10-12,15-16,18,36H,7-9,13-14,17H2,1-6H3,(H,32,33,34). The molecule has 3 aromatic rings. The van der Waals surface area contributed by atoms with Crippen molar-refractivity contribution in [2.75, 3.05) is 40.3 Å². The van der Waals surface area contributed by atoms with Crippen LogP contribution in [0.15, 0.2) is 30.3 Å². The number of aliphatic hydroxyl groups excluding tert-OH is 1. The molecule has 0 saturated heterocycles. The molecule has 0 spiro atoms. The maximum atomic E-state index is 14.1. The van der Waals surface area contributed by atoms with Crippen LogP contribution in [0.3, 0.4) is 0 Å². The van der Waals surface area contributed by atoms with E-state index in [1.807, 2.05) is 13.0 Å². The highest BCUT2D eigenvalue weighted by atomic mass is 19.3. The minimum atomic E-state index is -3.33. The van der Waals surface area contributed by atoms with E-state index in [1.54, 1.807) is 40.3 Å². The van der Waals surface area contributed by atoms with Crippen molar-refractivity contribution >= 4 is 22.6 Å². The quantitative estimate of drug-likeness (QED) is 0.201. The fourth-order valence-corrected chi connectivity index (χ4v) is 4.55. The van der Waals surface area contributed by atoms with Crippen LogP contribution in [0.4, 0.5) is 14.6 Å². The van der Waals surface area contributed by atoms with Gasteiger partial charge in [0, 0.05) is 36.0 Å². The first-order valence-corrected chi connectivity index (χ1v) is 13.1. The summed E-state index contributed by atoms with van der Waals surface area (Å²) >= 11 is 0. The van der Waals surface area contributed by atoms with Gasteiger partial charge in [0.15, 0.2) is 11.5 Å². The Morgan fingerprint density at radius 1 is 1.12 bits per heavy atom. The number of rotatable bonds is 14. The summed E-state index contributed by atoms with van der Waals surface area (Å²) in [5.41, 5.74) is 1.93. The molecule has 2 N–H and O–H groups in total. The van der Waals surface area contributed by atoms with Crippen LogP contribution in [0, 0.1) is 6.92 Å². The molecule has 0 saturated carbocycles. The lowest BCUT2D eigenvalue weighted by atomic mass is 10.00. The number of nitrogens with one attached hydrogen (secondary N) is 1. The van der Waals surface area contributed by atoms with Gasteiger partial charge in [-0.25, -0.2) is 15.0 Å². The fraction of sp³-hybridized carbons (Fsp3) is 0.483. The number of carbonyl (C=O) groups is 1. The maximum Gasteiger partial charge on any atom is 0.295 e. The molecule has 9 nitrogen and oxygen atoms in total. The Bertz CT molecular complexity index is 1320. The van der Waals surface area contributed by atoms with E-state index in [0.29, 0.717) is 58.9 Å². The van der Waals surface area contributed by atoms with Gasteiger partial charge in [-0.1, -0.05) is 24.6 Å². The highest BCUT2D eigenvalue weighted by Crippen LogP contribution is 2.40. The van der Waals surface area contributed by atoms with Gasteiger partial charge in [-0.15, -0.1) is 0 Å². The van der Waals surface area contributed by atoms with Gasteiger partial charge < -0.3 is 19.9 Å². The summed E-state index contributed by atoms with van der Waals surface area (Å²) in [7, 11) is 6.18. The fourth-order valence-electron chi connectivity index (χ4n) is 4.55. The third-order valence-electron chi connectivity index (χ3n) is 6.84. The zero-order valence-corrected chi connectivity index (χ0v) is 23.9. The summed E-state index contributed by atoms with van der Waals surface area (Å²) in [6.45, 7) is 2.37. The van der Waals surface area contributed by atoms with E-state index in [-0.39, 0.29) is 17.5 Å². The predicted octanol–water partition coefficient (Wildman–Crippen LogP) is 5.34. The third-order valence-corrected chi connectivity index (χ3v) is 6.84. The van der Waals surface area contributed by atoms with Crippen LogP contribution in [0.5, 0.6) is 11.5 Å². The first-order chi connectivity index (χ1) is 19.1. The molecule has 40 heavy (non-hydrogen) atoms. The number of halogens is 2. The molecule has 218 valence electrons. The molecular weight excluding hydrogens is 522 g/mol. The van der Waals surface area contributed by atoms with E-state index in [4.69, 9.17) is 24.4 Å². The van der Waals surface area contributed by atoms with Crippen LogP contribution in [-0.4, -0.2) is 61.0 Å². The number of fused-ring (bicyclic) bond motifs is 1. The summed E-state index contributed by atoms with van der Waals surface area (Å²) in [5.74, 6) is -1.24. The monoisotopic (exact) mass is 560 g/mol. The number of nitrogens with zero attached hydrogens (tertiary/aromatic N) is 3. The number of hydrogen-bond acceptors (Lipinski definition) is 8. The number of aromatic nitrogens is 2. The van der Waals surface area contributed by atoms with Crippen LogP contribution in [-0.2, 0) is 22.0 Å². The van der Waals surface area contributed by atoms with Crippen molar-refractivity contribution in [3.63, 3.8) is 0 Å². The second-order valence-electron chi connectivity index (χ2n) is 9.59. The molecular formula is C29H38F2N4O5. The predicted molar refractivity (Wildman–Crippen MR) is 149 cm³/mol. The van der Waals surface area contributed by atoms with Crippen molar-refractivity contribution in [3.8, 4) is 11.5 Å². The van der Waals surface area contributed by atoms with Gasteiger partial charge in [0.2, 0.25) is 5.91 Å². The van der Waals surface area contributed by atoms with Crippen molar-refractivity contribution in [3.05, 3.63) is 52.8 Å². The van der Waals surface area contributed by atoms with E-state index in [0.717, 1.165) is 18.4 Å². The van der Waals surface area contributed by atoms with Gasteiger partial charge in [0.05, 0.1) is 26.8 Å². The number of alkyl halides is 2. The highest BCUT2D eigenvalue weighted by molar-refractivity contribution is 5.94. The Balaban J connectivity index is 1.92. The number of aliphatic hydroxyl groups is 1. The number of anilines is 1. The molecule has 0 bridgehead atoms. The summed E-state index contributed by atoms with van der Waals surface area (Å²) in [5, 5.41) is 14.4. The number of hydrogen-bond donors (Lipinski definition) is 2. The van der Waals surface area contributed by atoms with Gasteiger partial charge in [-0.3, -0.25) is 9.63 Å². The van der Waals surface area contributed by atoms with Gasteiger partial charge in [-0.2, -0.15) is 8.78 Å². The summed E-state index contributed by atoms with van der Waals surface area (Å²) in [6, 6.07) is 7.39. The molecule has 1 aromatic heterocycles. The van der Waals surface area contributed by atoms with Gasteiger partial charge in [0.1, 0.15) is 18.2 Å². The Hall–Kier alpha value is -3.57. The van der Waals surface area contributed by atoms with Crippen LogP contribution in [0.1, 0.15) is 61.2 Å². The van der Waals surface area contributed by atoms with E-state index >= 15 is 0 Å². The van der Waals surface area contributed by atoms with E-state index in [9.17, 15) is 13.6 Å². The van der Waals surface area contributed by atoms with Crippen molar-refractivity contribution in [2.45, 2.75) is 57.9 Å². The average molecular weight is 561 g/mol. The molecule has 0 radical (unpaired) electrons. The number of carbonyl (C=O) groups excluding carboxylic acids is 1. The van der Waals surface area contributed by atoms with Crippen molar-refractivity contribution in [1.29, 1.82) is 0 Å². The minimum Gasteiger partial charge on any atom is -0.493 e. The van der Waals surface area contributed by atoms with Gasteiger partial charge >= 0.3 is 0 Å². The number of benzene rings is 2. The largest absolute Gasteiger partial charge is 0.493 e. The maximum absolute atomic E-state index is 14.1. The Morgan fingerprint density at radius 3 is 2.52 bits per heavy atom. The molecule has 0 fully saturated rings. The molecule has 0 aliphatic heterocycles. The molecule has 0 aliphatic rings. The van der Waals surface area contributed by atoms with Crippen LogP contribution >= 0.6 is 0 Å². The Kier molecular flexibility index (Phi) is 10.6. The van der Waals surface area contributed by atoms with Crippen molar-refractivity contribution in [1.82, 2.24) is 15.0 Å². The number of aryl methyl sites for hydroxylation is 2. The van der Waals surface area contributed by atoms with E-state index < -0.39 is 12.5 Å². The average Bonchev–Trinajstić information content (AvgIpc) is 2.95. The van der Waals surface area contributed by atoms with Crippen LogP contribution in [0.2, 0.25) is 0 Å². The smallest absolute Gasteiger partial charge is 0.295 e. The van der Waals surface area contributed by atoms with Gasteiger partial charge in [-0.05, 0) is 50.8 Å². The van der Waals surface area contributed by atoms with Crippen molar-refractivity contribution < 1.29 is 33.0 Å². The molecule has 2 aromatic carbocycles. The number of unbranched alkanes of at least 4 members (excludes halogenated alkanes) is 2. The zero-order chi connectivity index (χ0) is 29.4. The molecule has 1 atom stereocenters. The topological polar surface area (TPSA) is 106 Å². The molecule has 1 amide bonds. The second-order valence-corrected chi connectivity index (χ2v) is 9.59. The van der Waals surface area contributed by atoms with Crippen molar-refractivity contribution in [2.24, 2.45) is 0 Å². The highest BCUT2D eigenvalue weighted by Gasteiger charge is 2.31. The molecule has 3 rings (SSSR count). The third kappa shape index (κ3) is 7.14. The minimum absolute atomic E-state index is 0.0780. The molecule has 1 unspecified atom stereocenters. The second kappa shape index (κ2) is 13.7. The summed E-state index contributed by atoms with van der Waals surface area (Å²) < 4.78 is 39.6. The number of amides is 1. The summed E-state index contributed by atoms with van der Waals surface area (Å²) in [4.78, 5) is 26.3. The molecule has 0 aliphatic carbocycles.